The minimum absolute atomic E-state index is 0.191. The number of amides is 1. The Morgan fingerprint density at radius 3 is 2.93 bits per heavy atom. The summed E-state index contributed by atoms with van der Waals surface area (Å²) in [5.74, 6) is -0.167. The van der Waals surface area contributed by atoms with Crippen LogP contribution >= 0.6 is 0 Å². The molecule has 2 aromatic heterocycles. The van der Waals surface area contributed by atoms with Crippen LogP contribution in [0.4, 0.5) is 11.6 Å². The van der Waals surface area contributed by atoms with Gasteiger partial charge in [0, 0.05) is 19.6 Å². The molecule has 4 rings (SSSR count). The van der Waals surface area contributed by atoms with Crippen LogP contribution in [0, 0.1) is 10.1 Å². The summed E-state index contributed by atoms with van der Waals surface area (Å²) >= 11 is 0. The second-order valence-corrected chi connectivity index (χ2v) is 6.44. The lowest BCUT2D eigenvalue weighted by molar-refractivity contribution is -0.656. The average molecular weight is 386 g/mol. The molecule has 0 atom stereocenters. The predicted octanol–water partition coefficient (Wildman–Crippen LogP) is 0.671. The number of para-hydroxylation sites is 2. The van der Waals surface area contributed by atoms with E-state index in [1.165, 1.54) is 0 Å². The zero-order valence-electron chi connectivity index (χ0n) is 15.1. The third-order valence-electron chi connectivity index (χ3n) is 4.74. The van der Waals surface area contributed by atoms with E-state index in [9.17, 15) is 14.9 Å². The molecule has 0 radical (unpaired) electrons. The molecule has 0 bridgehead atoms. The zero-order valence-corrected chi connectivity index (χ0v) is 15.1. The van der Waals surface area contributed by atoms with Crippen molar-refractivity contribution in [3.05, 3.63) is 46.3 Å². The van der Waals surface area contributed by atoms with Crippen molar-refractivity contribution in [3.63, 3.8) is 0 Å². The molecule has 0 spiro atoms. The van der Waals surface area contributed by atoms with Crippen molar-refractivity contribution < 1.29 is 19.0 Å². The van der Waals surface area contributed by atoms with Gasteiger partial charge < -0.3 is 4.74 Å². The normalized spacial score (nSPS) is 15.0. The van der Waals surface area contributed by atoms with Crippen molar-refractivity contribution in [1.82, 2.24) is 20.1 Å². The van der Waals surface area contributed by atoms with Gasteiger partial charge >= 0.3 is 17.5 Å². The van der Waals surface area contributed by atoms with Crippen molar-refractivity contribution in [2.24, 2.45) is 0 Å². The lowest BCUT2D eigenvalue weighted by Gasteiger charge is -2.26. The summed E-state index contributed by atoms with van der Waals surface area (Å²) in [6, 6.07) is 7.69. The molecule has 28 heavy (non-hydrogen) atoms. The summed E-state index contributed by atoms with van der Waals surface area (Å²) in [6.07, 6.45) is 1.02. The Morgan fingerprint density at radius 2 is 2.14 bits per heavy atom. The molecule has 1 amide bonds. The lowest BCUT2D eigenvalue weighted by Crippen LogP contribution is -2.45. The van der Waals surface area contributed by atoms with Gasteiger partial charge in [0.25, 0.3) is 0 Å². The first-order valence-corrected chi connectivity index (χ1v) is 8.93. The van der Waals surface area contributed by atoms with Gasteiger partial charge in [0.05, 0.1) is 24.7 Å². The largest absolute Gasteiger partial charge is 0.379 e. The Hall–Kier alpha value is -3.31. The summed E-state index contributed by atoms with van der Waals surface area (Å²) in [6.45, 7) is 4.60. The highest BCUT2D eigenvalue weighted by atomic mass is 16.6. The van der Waals surface area contributed by atoms with Gasteiger partial charge in [-0.15, -0.1) is 0 Å². The number of imidazole rings is 1. The molecule has 1 aromatic carbocycles. The molecule has 0 saturated carbocycles. The molecule has 11 nitrogen and oxygen atoms in total. The molecule has 1 aliphatic heterocycles. The summed E-state index contributed by atoms with van der Waals surface area (Å²) in [5, 5.41) is 19.8. The Labute approximate surface area is 159 Å². The van der Waals surface area contributed by atoms with E-state index in [0.717, 1.165) is 36.9 Å². The van der Waals surface area contributed by atoms with E-state index in [2.05, 4.69) is 25.4 Å². The number of aromatic nitrogens is 4. The van der Waals surface area contributed by atoms with Crippen molar-refractivity contribution in [3.8, 4) is 0 Å². The van der Waals surface area contributed by atoms with Crippen LogP contribution in [0.3, 0.4) is 0 Å². The number of rotatable bonds is 6. The van der Waals surface area contributed by atoms with Gasteiger partial charge in [-0.2, -0.15) is 5.10 Å². The van der Waals surface area contributed by atoms with Gasteiger partial charge in [0.2, 0.25) is 5.69 Å². The molecule has 1 aliphatic rings. The summed E-state index contributed by atoms with van der Waals surface area (Å²) < 4.78 is 7.34. The number of fused-ring (bicyclic) bond motifs is 1. The Kier molecular flexibility index (Phi) is 5.00. The highest BCUT2D eigenvalue weighted by molar-refractivity contribution is 6.04. The molecular weight excluding hydrogens is 366 g/mol. The Bertz CT molecular complexity index is 1010. The number of carbonyl (C=O) groups excluding carboxylic acids is 1. The van der Waals surface area contributed by atoms with Crippen LogP contribution in [-0.4, -0.2) is 63.8 Å². The van der Waals surface area contributed by atoms with Crippen LogP contribution in [0.1, 0.15) is 10.5 Å². The molecule has 3 heterocycles. The molecule has 0 aliphatic carbocycles. The predicted molar refractivity (Wildman–Crippen MR) is 98.9 cm³/mol. The minimum atomic E-state index is -0.643. The maximum absolute atomic E-state index is 12.6. The van der Waals surface area contributed by atoms with E-state index in [1.807, 2.05) is 28.8 Å². The molecular formula is C17H20N7O4+. The van der Waals surface area contributed by atoms with Gasteiger partial charge in [0.1, 0.15) is 17.2 Å². The number of H-pyrrole nitrogens is 2. The van der Waals surface area contributed by atoms with Crippen LogP contribution in [0.2, 0.25) is 0 Å². The molecule has 3 aromatic rings. The van der Waals surface area contributed by atoms with E-state index in [0.29, 0.717) is 25.7 Å². The number of benzene rings is 1. The number of anilines is 1. The SMILES string of the molecule is O=C(Nc1[nH]c2ccccc2[n+]1CCN1CCOCC1)c1[nH]ncc1[N+](=O)[O-]. The fourth-order valence-electron chi connectivity index (χ4n) is 3.28. The van der Waals surface area contributed by atoms with Crippen molar-refractivity contribution in [2.45, 2.75) is 6.54 Å². The number of nitro groups is 1. The first kappa shape index (κ1) is 18.1. The van der Waals surface area contributed by atoms with Crippen molar-refractivity contribution in [2.75, 3.05) is 38.2 Å². The van der Waals surface area contributed by atoms with Crippen LogP contribution in [0.5, 0.6) is 0 Å². The average Bonchev–Trinajstić information content (AvgIpc) is 3.32. The van der Waals surface area contributed by atoms with Crippen LogP contribution < -0.4 is 9.88 Å². The quantitative estimate of drug-likeness (QED) is 0.324. The Morgan fingerprint density at radius 1 is 1.36 bits per heavy atom. The first-order chi connectivity index (χ1) is 13.6. The highest BCUT2D eigenvalue weighted by Crippen LogP contribution is 2.17. The molecule has 0 unspecified atom stereocenters. The standard InChI is InChI=1S/C17H19N7O4/c25-16(15-14(24(26)27)11-18-21-15)20-17-19-12-3-1-2-4-13(12)23(17)6-5-22-7-9-28-10-8-22/h1-4,11H,5-10H2,(H2,18,19,20,21,25)/p+1. The van der Waals surface area contributed by atoms with Crippen LogP contribution in [0.25, 0.3) is 11.0 Å². The minimum Gasteiger partial charge on any atom is -0.379 e. The summed E-state index contributed by atoms with van der Waals surface area (Å²) in [7, 11) is 0. The second kappa shape index (κ2) is 7.74. The smallest absolute Gasteiger partial charge is 0.363 e. The maximum Gasteiger partial charge on any atom is 0.363 e. The lowest BCUT2D eigenvalue weighted by atomic mass is 10.3. The number of carbonyl (C=O) groups is 1. The number of ether oxygens (including phenoxy) is 1. The van der Waals surface area contributed by atoms with Gasteiger partial charge in [-0.3, -0.25) is 20.1 Å². The van der Waals surface area contributed by atoms with E-state index in [4.69, 9.17) is 4.74 Å². The third kappa shape index (κ3) is 3.57. The second-order valence-electron chi connectivity index (χ2n) is 6.44. The summed E-state index contributed by atoms with van der Waals surface area (Å²) in [5.41, 5.74) is 1.24. The van der Waals surface area contributed by atoms with Crippen molar-refractivity contribution >= 4 is 28.6 Å². The van der Waals surface area contributed by atoms with E-state index < -0.39 is 10.8 Å². The number of morpholine rings is 1. The maximum atomic E-state index is 12.6. The van der Waals surface area contributed by atoms with Crippen molar-refractivity contribution in [1.29, 1.82) is 0 Å². The molecule has 3 N–H and O–H groups in total. The van der Waals surface area contributed by atoms with Crippen LogP contribution in [-0.2, 0) is 11.3 Å². The fraction of sp³-hybridized carbons (Fsp3) is 0.353. The number of hydrogen-bond acceptors (Lipinski definition) is 6. The zero-order chi connectivity index (χ0) is 19.5. The third-order valence-corrected chi connectivity index (χ3v) is 4.74. The molecule has 1 saturated heterocycles. The van der Waals surface area contributed by atoms with Gasteiger partial charge in [0.15, 0.2) is 0 Å². The number of aromatic amines is 2. The van der Waals surface area contributed by atoms with E-state index in [-0.39, 0.29) is 11.4 Å². The molecule has 146 valence electrons. The van der Waals surface area contributed by atoms with Gasteiger partial charge in [-0.25, -0.2) is 19.7 Å². The molecule has 11 heteroatoms. The van der Waals surface area contributed by atoms with Gasteiger partial charge in [-0.05, 0) is 12.1 Å². The summed E-state index contributed by atoms with van der Waals surface area (Å²) in [4.78, 5) is 28.5. The fourth-order valence-corrected chi connectivity index (χ4v) is 3.28. The first-order valence-electron chi connectivity index (χ1n) is 8.93. The number of hydrogen-bond donors (Lipinski definition) is 3. The Balaban J connectivity index is 1.59. The highest BCUT2D eigenvalue weighted by Gasteiger charge is 2.28. The van der Waals surface area contributed by atoms with E-state index in [1.54, 1.807) is 0 Å². The van der Waals surface area contributed by atoms with E-state index >= 15 is 0 Å². The monoisotopic (exact) mass is 386 g/mol. The molecule has 1 fully saturated rings. The topological polar surface area (TPSA) is 133 Å². The van der Waals surface area contributed by atoms with Gasteiger partial charge in [-0.1, -0.05) is 12.1 Å². The number of nitrogens with one attached hydrogen (secondary N) is 3. The number of nitrogens with zero attached hydrogens (tertiary/aromatic N) is 4. The van der Waals surface area contributed by atoms with Crippen LogP contribution in [0.15, 0.2) is 30.5 Å².